The fraction of sp³-hybridized carbons (Fsp3) is 0.400. The maximum atomic E-state index is 12.5. The highest BCUT2D eigenvalue weighted by molar-refractivity contribution is 7.87. The van der Waals surface area contributed by atoms with Gasteiger partial charge in [-0.05, 0) is 6.42 Å². The number of carbonyl (C=O) groups is 2. The van der Waals surface area contributed by atoms with E-state index in [0.717, 1.165) is 0 Å². The van der Waals surface area contributed by atoms with Gasteiger partial charge in [-0.3, -0.25) is 0 Å². The lowest BCUT2D eigenvalue weighted by molar-refractivity contribution is -0.587. The number of carbonyl (C=O) groups excluding carboxylic acids is 2. The number of nitrogens with zero attached hydrogens (tertiary/aromatic N) is 1. The summed E-state index contributed by atoms with van der Waals surface area (Å²) in [5.41, 5.74) is -6.75. The second kappa shape index (κ2) is 3.38. The van der Waals surface area contributed by atoms with E-state index in [4.69, 9.17) is 0 Å². The second-order valence-electron chi connectivity index (χ2n) is 4.74. The highest BCUT2D eigenvalue weighted by atomic mass is 32.2. The van der Waals surface area contributed by atoms with E-state index < -0.39 is 43.2 Å². The molecule has 0 fully saturated rings. The second-order valence-corrected chi connectivity index (χ2v) is 6.67. The Balaban J connectivity index is 2.17. The van der Waals surface area contributed by atoms with Crippen molar-refractivity contribution in [3.63, 3.8) is 0 Å². The molecular weight excluding hydrogens is 303 g/mol. The van der Waals surface area contributed by atoms with Gasteiger partial charge in [0.15, 0.2) is 0 Å². The molecule has 0 N–H and O–H groups in total. The molecular formula is C10H6F3NO5S. The number of halogens is 3. The molecule has 10 heteroatoms. The molecule has 6 nitrogen and oxygen atoms in total. The van der Waals surface area contributed by atoms with Gasteiger partial charge >= 0.3 is 27.3 Å². The van der Waals surface area contributed by atoms with Crippen molar-refractivity contribution in [1.82, 2.24) is 0 Å². The number of rotatable bonds is 1. The number of allylic oxidation sites excluding steroid dienone is 2. The van der Waals surface area contributed by atoms with Crippen molar-refractivity contribution >= 4 is 21.8 Å². The van der Waals surface area contributed by atoms with Gasteiger partial charge in [0.25, 0.3) is 0 Å². The average Bonchev–Trinajstić information content (AvgIpc) is 2.98. The maximum Gasteiger partial charge on any atom is 0.550 e. The van der Waals surface area contributed by atoms with Crippen molar-refractivity contribution in [3.8, 4) is 0 Å². The minimum absolute atomic E-state index is 0.314. The summed E-state index contributed by atoms with van der Waals surface area (Å²) < 4.78 is 56.7. The molecule has 2 amide bonds. The molecule has 20 heavy (non-hydrogen) atoms. The van der Waals surface area contributed by atoms with Gasteiger partial charge < -0.3 is 5.21 Å². The first-order chi connectivity index (χ1) is 9.03. The summed E-state index contributed by atoms with van der Waals surface area (Å²) in [6.45, 7) is 0. The van der Waals surface area contributed by atoms with E-state index in [0.29, 0.717) is 6.42 Å². The maximum absolute atomic E-state index is 12.5. The standard InChI is InChI=1S/C10H6F3NO5S/c11-10(12,13)20(18,19)14(17)8(15)6-4-1-2-5(3-4)7(6)9(14)16/h1-2,4-5H,3H2. The Bertz CT molecular complexity index is 684. The molecule has 1 heterocycles. The van der Waals surface area contributed by atoms with Crippen LogP contribution < -0.4 is 0 Å². The number of alkyl halides is 3. The summed E-state index contributed by atoms with van der Waals surface area (Å²) in [5, 5.41) is 12.0. The third-order valence-corrected chi connectivity index (χ3v) is 5.34. The van der Waals surface area contributed by atoms with Crippen LogP contribution in [-0.4, -0.2) is 29.8 Å². The van der Waals surface area contributed by atoms with Crippen molar-refractivity contribution in [2.24, 2.45) is 11.8 Å². The fourth-order valence-electron chi connectivity index (χ4n) is 2.85. The average molecular weight is 309 g/mol. The Hall–Kier alpha value is -1.52. The third-order valence-electron chi connectivity index (χ3n) is 3.74. The van der Waals surface area contributed by atoms with Crippen LogP contribution in [0.25, 0.3) is 0 Å². The van der Waals surface area contributed by atoms with Gasteiger partial charge in [-0.2, -0.15) is 21.6 Å². The molecule has 0 saturated carbocycles. The first kappa shape index (κ1) is 13.5. The first-order valence-electron chi connectivity index (χ1n) is 5.47. The number of hydrogen-bond donors (Lipinski definition) is 0. The van der Waals surface area contributed by atoms with Gasteiger partial charge in [-0.25, -0.2) is 9.59 Å². The molecule has 0 aromatic heterocycles. The molecule has 2 aliphatic carbocycles. The van der Waals surface area contributed by atoms with Crippen LogP contribution in [0.3, 0.4) is 0 Å². The molecule has 2 atom stereocenters. The highest BCUT2D eigenvalue weighted by Crippen LogP contribution is 2.52. The molecule has 108 valence electrons. The van der Waals surface area contributed by atoms with E-state index >= 15 is 0 Å². The van der Waals surface area contributed by atoms with Crippen LogP contribution in [0.1, 0.15) is 6.42 Å². The molecule has 3 aliphatic rings. The summed E-state index contributed by atoms with van der Waals surface area (Å²) in [7, 11) is -6.52. The van der Waals surface area contributed by atoms with Crippen LogP contribution in [0.5, 0.6) is 0 Å². The molecule has 1 aliphatic heterocycles. The number of hydroxylamine groups is 2. The van der Waals surface area contributed by atoms with E-state index in [1.54, 1.807) is 0 Å². The number of amides is 2. The van der Waals surface area contributed by atoms with E-state index in [2.05, 4.69) is 0 Å². The quantitative estimate of drug-likeness (QED) is 0.308. The zero-order valence-corrected chi connectivity index (χ0v) is 10.4. The summed E-state index contributed by atoms with van der Waals surface area (Å²) >= 11 is 0. The van der Waals surface area contributed by atoms with E-state index in [-0.39, 0.29) is 11.1 Å². The van der Waals surface area contributed by atoms with Crippen molar-refractivity contribution in [2.45, 2.75) is 11.9 Å². The van der Waals surface area contributed by atoms with Crippen LogP contribution in [0.4, 0.5) is 13.2 Å². The summed E-state index contributed by atoms with van der Waals surface area (Å²) in [6.07, 6.45) is 3.29. The van der Waals surface area contributed by atoms with Gasteiger partial charge in [0.05, 0.1) is 11.1 Å². The van der Waals surface area contributed by atoms with E-state index in [9.17, 15) is 36.4 Å². The molecule has 3 rings (SSSR count). The Kier molecular flexibility index (Phi) is 2.27. The number of fused-ring (bicyclic) bond motifs is 4. The molecule has 0 saturated heterocycles. The predicted molar refractivity (Wildman–Crippen MR) is 56.4 cm³/mol. The Labute approximate surface area is 110 Å². The highest BCUT2D eigenvalue weighted by Gasteiger charge is 2.70. The smallest absolute Gasteiger partial charge is 0.550 e. The van der Waals surface area contributed by atoms with Gasteiger partial charge in [-0.1, -0.05) is 12.2 Å². The Morgan fingerprint density at radius 2 is 1.50 bits per heavy atom. The zero-order chi connectivity index (χ0) is 15.1. The molecule has 0 radical (unpaired) electrons. The molecule has 2 unspecified atom stereocenters. The summed E-state index contributed by atoms with van der Waals surface area (Å²) in [5.74, 6) is -4.97. The van der Waals surface area contributed by atoms with Crippen molar-refractivity contribution in [2.75, 3.05) is 0 Å². The van der Waals surface area contributed by atoms with Crippen molar-refractivity contribution < 1.29 is 35.2 Å². The van der Waals surface area contributed by atoms with Gasteiger partial charge in [0.1, 0.15) is 0 Å². The molecule has 0 aromatic carbocycles. The number of imide groups is 1. The molecule has 0 aromatic rings. The van der Waals surface area contributed by atoms with E-state index in [1.807, 2.05) is 0 Å². The van der Waals surface area contributed by atoms with Crippen molar-refractivity contribution in [1.29, 1.82) is 0 Å². The molecule has 0 spiro atoms. The van der Waals surface area contributed by atoms with Gasteiger partial charge in [0, 0.05) is 11.8 Å². The Morgan fingerprint density at radius 3 is 1.85 bits per heavy atom. The van der Waals surface area contributed by atoms with Crippen molar-refractivity contribution in [3.05, 3.63) is 28.5 Å². The fourth-order valence-corrected chi connectivity index (χ4v) is 3.77. The summed E-state index contributed by atoms with van der Waals surface area (Å²) in [4.78, 5) is 23.7. The zero-order valence-electron chi connectivity index (χ0n) is 9.55. The van der Waals surface area contributed by atoms with Crippen LogP contribution in [0, 0.1) is 17.0 Å². The minimum atomic E-state index is -6.52. The van der Waals surface area contributed by atoms with Crippen LogP contribution >= 0.6 is 0 Å². The van der Waals surface area contributed by atoms with E-state index in [1.165, 1.54) is 12.2 Å². The predicted octanol–water partition coefficient (Wildman–Crippen LogP) is 0.720. The lowest BCUT2D eigenvalue weighted by atomic mass is 9.99. The van der Waals surface area contributed by atoms with Crippen LogP contribution in [-0.2, 0) is 19.6 Å². The number of sulfonamides is 1. The SMILES string of the molecule is O=C1C2=C(C(=O)[N+]1([O-])S(=O)(=O)C(F)(F)F)C1C=CC2C1. The summed E-state index contributed by atoms with van der Waals surface area (Å²) in [6, 6.07) is 0. The normalized spacial score (nSPS) is 36.2. The van der Waals surface area contributed by atoms with Gasteiger partial charge in [-0.15, -0.1) is 4.05 Å². The molecule has 2 bridgehead atoms. The Morgan fingerprint density at radius 1 is 1.10 bits per heavy atom. The van der Waals surface area contributed by atoms with Crippen LogP contribution in [0.2, 0.25) is 0 Å². The lowest BCUT2D eigenvalue weighted by Crippen LogP contribution is -2.58. The van der Waals surface area contributed by atoms with Gasteiger partial charge in [0.2, 0.25) is 0 Å². The first-order valence-corrected chi connectivity index (χ1v) is 6.91. The minimum Gasteiger partial charge on any atom is -0.601 e. The third kappa shape index (κ3) is 1.20. The topological polar surface area (TPSA) is 91.3 Å². The number of quaternary nitrogens is 1. The number of hydrogen-bond acceptors (Lipinski definition) is 5. The van der Waals surface area contributed by atoms with Crippen LogP contribution in [0.15, 0.2) is 23.3 Å². The largest absolute Gasteiger partial charge is 0.601 e. The monoisotopic (exact) mass is 309 g/mol. The lowest BCUT2D eigenvalue weighted by Gasteiger charge is -2.32.